The largest absolute Gasteiger partial charge is 0.493 e. The Morgan fingerprint density at radius 2 is 1.90 bits per heavy atom. The second kappa shape index (κ2) is 8.87. The van der Waals surface area contributed by atoms with Crippen molar-refractivity contribution in [1.82, 2.24) is 15.0 Å². The molecule has 0 amide bonds. The zero-order valence-electron chi connectivity index (χ0n) is 16.6. The van der Waals surface area contributed by atoms with Crippen molar-refractivity contribution in [2.75, 3.05) is 25.6 Å². The number of pyridine rings is 1. The molecule has 1 aliphatic heterocycles. The van der Waals surface area contributed by atoms with Crippen molar-refractivity contribution < 1.29 is 14.2 Å². The molecule has 7 heteroatoms. The molecule has 0 aliphatic carbocycles. The van der Waals surface area contributed by atoms with Gasteiger partial charge in [0.15, 0.2) is 11.5 Å². The first-order chi connectivity index (χ1) is 14.2. The van der Waals surface area contributed by atoms with Gasteiger partial charge in [0.2, 0.25) is 5.95 Å². The summed E-state index contributed by atoms with van der Waals surface area (Å²) in [5, 5.41) is 3.18. The van der Waals surface area contributed by atoms with Crippen LogP contribution >= 0.6 is 0 Å². The van der Waals surface area contributed by atoms with Gasteiger partial charge in [-0.2, -0.15) is 0 Å². The molecule has 3 aromatic rings. The SMILES string of the molecule is COc1cc(-c2ccnc(Nc3ccc(C)nc3)n2)ccc1OC1CCOCC1. The van der Waals surface area contributed by atoms with Crippen molar-refractivity contribution in [2.45, 2.75) is 25.9 Å². The van der Waals surface area contributed by atoms with Crippen LogP contribution < -0.4 is 14.8 Å². The van der Waals surface area contributed by atoms with Gasteiger partial charge < -0.3 is 19.5 Å². The van der Waals surface area contributed by atoms with E-state index in [1.54, 1.807) is 19.5 Å². The topological polar surface area (TPSA) is 78.4 Å². The Morgan fingerprint density at radius 3 is 2.66 bits per heavy atom. The predicted octanol–water partition coefficient (Wildman–Crippen LogP) is 4.16. The molecule has 1 fully saturated rings. The number of anilines is 2. The smallest absolute Gasteiger partial charge is 0.227 e. The van der Waals surface area contributed by atoms with Gasteiger partial charge in [0.25, 0.3) is 0 Å². The molecule has 1 aliphatic rings. The van der Waals surface area contributed by atoms with Crippen LogP contribution in [0.5, 0.6) is 11.5 Å². The van der Waals surface area contributed by atoms with E-state index < -0.39 is 0 Å². The highest BCUT2D eigenvalue weighted by molar-refractivity contribution is 5.65. The average molecular weight is 392 g/mol. The van der Waals surface area contributed by atoms with Crippen LogP contribution in [0.4, 0.5) is 11.6 Å². The predicted molar refractivity (Wildman–Crippen MR) is 111 cm³/mol. The summed E-state index contributed by atoms with van der Waals surface area (Å²) in [6.07, 6.45) is 5.42. The average Bonchev–Trinajstić information content (AvgIpc) is 2.76. The lowest BCUT2D eigenvalue weighted by molar-refractivity contribution is 0.0245. The quantitative estimate of drug-likeness (QED) is 0.675. The lowest BCUT2D eigenvalue weighted by Crippen LogP contribution is -2.26. The molecule has 1 aromatic carbocycles. The number of nitrogens with one attached hydrogen (secondary N) is 1. The summed E-state index contributed by atoms with van der Waals surface area (Å²) in [7, 11) is 1.65. The molecule has 7 nitrogen and oxygen atoms in total. The van der Waals surface area contributed by atoms with Crippen molar-refractivity contribution in [2.24, 2.45) is 0 Å². The zero-order valence-corrected chi connectivity index (χ0v) is 16.6. The molecule has 0 spiro atoms. The van der Waals surface area contributed by atoms with E-state index in [4.69, 9.17) is 14.2 Å². The van der Waals surface area contributed by atoms with Crippen LogP contribution in [0.1, 0.15) is 18.5 Å². The molecular formula is C22H24N4O3. The molecule has 0 radical (unpaired) electrons. The van der Waals surface area contributed by atoms with E-state index in [1.807, 2.05) is 43.3 Å². The molecule has 29 heavy (non-hydrogen) atoms. The lowest BCUT2D eigenvalue weighted by Gasteiger charge is -2.24. The fourth-order valence-corrected chi connectivity index (χ4v) is 3.15. The van der Waals surface area contributed by atoms with Gasteiger partial charge >= 0.3 is 0 Å². The molecule has 2 aromatic heterocycles. The van der Waals surface area contributed by atoms with Gasteiger partial charge in [-0.05, 0) is 43.3 Å². The van der Waals surface area contributed by atoms with Crippen LogP contribution in [0.2, 0.25) is 0 Å². The Kier molecular flexibility index (Phi) is 5.86. The van der Waals surface area contributed by atoms with Crippen molar-refractivity contribution in [1.29, 1.82) is 0 Å². The highest BCUT2D eigenvalue weighted by atomic mass is 16.5. The van der Waals surface area contributed by atoms with Gasteiger partial charge in [0.1, 0.15) is 6.10 Å². The highest BCUT2D eigenvalue weighted by Gasteiger charge is 2.18. The Labute approximate surface area is 170 Å². The highest BCUT2D eigenvalue weighted by Crippen LogP contribution is 2.33. The minimum atomic E-state index is 0.154. The summed E-state index contributed by atoms with van der Waals surface area (Å²) in [5.74, 6) is 1.93. The fraction of sp³-hybridized carbons (Fsp3) is 0.318. The first kappa shape index (κ1) is 19.1. The summed E-state index contributed by atoms with van der Waals surface area (Å²) in [6, 6.07) is 11.6. The van der Waals surface area contributed by atoms with Crippen molar-refractivity contribution >= 4 is 11.6 Å². The Hall–Kier alpha value is -3.19. The molecule has 0 atom stereocenters. The third-order valence-corrected chi connectivity index (χ3v) is 4.74. The monoisotopic (exact) mass is 392 g/mol. The minimum absolute atomic E-state index is 0.154. The Bertz CT molecular complexity index is 957. The lowest BCUT2D eigenvalue weighted by atomic mass is 10.1. The molecular weight excluding hydrogens is 368 g/mol. The van der Waals surface area contributed by atoms with Crippen LogP contribution in [-0.2, 0) is 4.74 Å². The summed E-state index contributed by atoms with van der Waals surface area (Å²) in [4.78, 5) is 13.2. The number of aromatic nitrogens is 3. The number of aryl methyl sites for hydroxylation is 1. The molecule has 1 N–H and O–H groups in total. The number of methoxy groups -OCH3 is 1. The Balaban J connectivity index is 1.53. The fourth-order valence-electron chi connectivity index (χ4n) is 3.15. The summed E-state index contributed by atoms with van der Waals surface area (Å²) in [6.45, 7) is 3.42. The normalized spacial score (nSPS) is 14.4. The number of nitrogens with zero attached hydrogens (tertiary/aromatic N) is 3. The summed E-state index contributed by atoms with van der Waals surface area (Å²) < 4.78 is 17.1. The number of benzene rings is 1. The summed E-state index contributed by atoms with van der Waals surface area (Å²) in [5.41, 5.74) is 3.51. The van der Waals surface area contributed by atoms with Crippen molar-refractivity contribution in [3.05, 3.63) is 54.5 Å². The summed E-state index contributed by atoms with van der Waals surface area (Å²) >= 11 is 0. The van der Waals surface area contributed by atoms with Crippen LogP contribution in [0.3, 0.4) is 0 Å². The van der Waals surface area contributed by atoms with Gasteiger partial charge in [-0.15, -0.1) is 0 Å². The minimum Gasteiger partial charge on any atom is -0.493 e. The van der Waals surface area contributed by atoms with Crippen molar-refractivity contribution in [3.8, 4) is 22.8 Å². The number of hydrogen-bond acceptors (Lipinski definition) is 7. The van der Waals surface area contributed by atoms with Gasteiger partial charge in [-0.3, -0.25) is 4.98 Å². The van der Waals surface area contributed by atoms with E-state index in [2.05, 4.69) is 20.3 Å². The molecule has 0 bridgehead atoms. The first-order valence-electron chi connectivity index (χ1n) is 9.67. The number of rotatable bonds is 6. The van der Waals surface area contributed by atoms with E-state index in [0.29, 0.717) is 11.7 Å². The third kappa shape index (κ3) is 4.81. The van der Waals surface area contributed by atoms with E-state index in [0.717, 1.165) is 54.4 Å². The van der Waals surface area contributed by atoms with Crippen LogP contribution in [0.25, 0.3) is 11.3 Å². The maximum absolute atomic E-state index is 6.12. The van der Waals surface area contributed by atoms with Crippen molar-refractivity contribution in [3.63, 3.8) is 0 Å². The molecule has 3 heterocycles. The van der Waals surface area contributed by atoms with E-state index in [1.165, 1.54) is 0 Å². The number of ether oxygens (including phenoxy) is 3. The Morgan fingerprint density at radius 1 is 1.03 bits per heavy atom. The van der Waals surface area contributed by atoms with Gasteiger partial charge in [0, 0.05) is 30.3 Å². The maximum atomic E-state index is 6.12. The second-order valence-corrected chi connectivity index (χ2v) is 6.87. The molecule has 0 unspecified atom stereocenters. The van der Waals surface area contributed by atoms with Gasteiger partial charge in [-0.25, -0.2) is 9.97 Å². The van der Waals surface area contributed by atoms with Gasteiger partial charge in [-0.1, -0.05) is 0 Å². The zero-order chi connectivity index (χ0) is 20.1. The van der Waals surface area contributed by atoms with E-state index in [-0.39, 0.29) is 6.10 Å². The molecule has 1 saturated heterocycles. The van der Waals surface area contributed by atoms with Gasteiger partial charge in [0.05, 0.1) is 37.9 Å². The van der Waals surface area contributed by atoms with Crippen LogP contribution in [-0.4, -0.2) is 41.4 Å². The molecule has 4 rings (SSSR count). The van der Waals surface area contributed by atoms with Crippen LogP contribution in [0, 0.1) is 6.92 Å². The van der Waals surface area contributed by atoms with Crippen LogP contribution in [0.15, 0.2) is 48.8 Å². The molecule has 0 saturated carbocycles. The second-order valence-electron chi connectivity index (χ2n) is 6.87. The molecule has 150 valence electrons. The van der Waals surface area contributed by atoms with E-state index in [9.17, 15) is 0 Å². The number of hydrogen-bond donors (Lipinski definition) is 1. The van der Waals surface area contributed by atoms with E-state index >= 15 is 0 Å². The maximum Gasteiger partial charge on any atom is 0.227 e. The standard InChI is InChI=1S/C22H24N4O3/c1-15-3-5-17(14-24-15)25-22-23-10-7-19(26-22)16-4-6-20(21(13-16)27-2)29-18-8-11-28-12-9-18/h3-7,10,13-14,18H,8-9,11-12H2,1-2H3,(H,23,25,26). The third-order valence-electron chi connectivity index (χ3n) is 4.74. The first-order valence-corrected chi connectivity index (χ1v) is 9.67.